The fourth-order valence-corrected chi connectivity index (χ4v) is 2.78. The van der Waals surface area contributed by atoms with Crippen molar-refractivity contribution >= 4 is 11.5 Å². The van der Waals surface area contributed by atoms with Gasteiger partial charge in [0.05, 0.1) is 5.56 Å². The molecule has 0 saturated carbocycles. The Hall–Kier alpha value is -2.57. The van der Waals surface area contributed by atoms with E-state index in [4.69, 9.17) is 0 Å². The van der Waals surface area contributed by atoms with Crippen molar-refractivity contribution in [2.24, 2.45) is 0 Å². The molecule has 4 nitrogen and oxygen atoms in total. The van der Waals surface area contributed by atoms with Gasteiger partial charge >= 0.3 is 6.18 Å². The summed E-state index contributed by atoms with van der Waals surface area (Å²) >= 11 is 0. The summed E-state index contributed by atoms with van der Waals surface area (Å²) in [4.78, 5) is 4.36. The topological polar surface area (TPSA) is 42.2 Å². The van der Waals surface area contributed by atoms with Crippen LogP contribution in [0.15, 0.2) is 30.3 Å². The first kappa shape index (κ1) is 18.2. The van der Waals surface area contributed by atoms with Crippen LogP contribution in [0.25, 0.3) is 16.8 Å². The van der Waals surface area contributed by atoms with Gasteiger partial charge in [-0.15, -0.1) is 0 Å². The second-order valence-corrected chi connectivity index (χ2v) is 6.56. The van der Waals surface area contributed by atoms with Crippen LogP contribution in [0.5, 0.6) is 0 Å². The smallest absolute Gasteiger partial charge is 0.367 e. The first-order valence-electron chi connectivity index (χ1n) is 8.52. The minimum Gasteiger partial charge on any atom is -0.367 e. The second-order valence-electron chi connectivity index (χ2n) is 6.56. The molecule has 0 unspecified atom stereocenters. The van der Waals surface area contributed by atoms with Crippen LogP contribution in [0, 0.1) is 13.8 Å². The monoisotopic (exact) mass is 362 g/mol. The SMILES string of the molecule is CC[C@@H](C)Nc1cc(C)nc2c(-c3ccc(C)cc3)c(C(F)(F)F)nn12. The van der Waals surface area contributed by atoms with Crippen molar-refractivity contribution in [1.29, 1.82) is 0 Å². The molecule has 0 spiro atoms. The van der Waals surface area contributed by atoms with Gasteiger partial charge in [-0.05, 0) is 32.8 Å². The lowest BCUT2D eigenvalue weighted by Crippen LogP contribution is -2.17. The zero-order valence-corrected chi connectivity index (χ0v) is 15.1. The number of alkyl halides is 3. The van der Waals surface area contributed by atoms with E-state index in [1.54, 1.807) is 37.3 Å². The van der Waals surface area contributed by atoms with Gasteiger partial charge in [-0.1, -0.05) is 36.8 Å². The van der Waals surface area contributed by atoms with Crippen LogP contribution >= 0.6 is 0 Å². The normalized spacial score (nSPS) is 13.2. The minimum atomic E-state index is -4.57. The molecule has 7 heteroatoms. The molecule has 1 N–H and O–H groups in total. The number of benzene rings is 1. The highest BCUT2D eigenvalue weighted by Gasteiger charge is 2.39. The summed E-state index contributed by atoms with van der Waals surface area (Å²) in [5.74, 6) is 0.505. The molecule has 3 aromatic rings. The predicted molar refractivity (Wildman–Crippen MR) is 96.3 cm³/mol. The molecule has 1 atom stereocenters. The largest absolute Gasteiger partial charge is 0.435 e. The summed E-state index contributed by atoms with van der Waals surface area (Å²) in [6, 6.07) is 8.73. The predicted octanol–water partition coefficient (Wildman–Crippen LogP) is 5.24. The maximum absolute atomic E-state index is 13.7. The van der Waals surface area contributed by atoms with Crippen LogP contribution in [0.2, 0.25) is 0 Å². The number of aryl methyl sites for hydroxylation is 2. The lowest BCUT2D eigenvalue weighted by Gasteiger charge is -2.14. The van der Waals surface area contributed by atoms with Crippen LogP contribution in [0.3, 0.4) is 0 Å². The van der Waals surface area contributed by atoms with E-state index in [2.05, 4.69) is 15.4 Å². The van der Waals surface area contributed by atoms with Gasteiger partial charge in [-0.3, -0.25) is 0 Å². The van der Waals surface area contributed by atoms with Crippen LogP contribution in [0.1, 0.15) is 37.2 Å². The average Bonchev–Trinajstić information content (AvgIpc) is 2.95. The summed E-state index contributed by atoms with van der Waals surface area (Å²) in [6.07, 6.45) is -3.74. The molecule has 0 radical (unpaired) electrons. The number of anilines is 1. The number of halogens is 3. The Morgan fingerprint density at radius 1 is 1.15 bits per heavy atom. The van der Waals surface area contributed by atoms with Crippen molar-refractivity contribution < 1.29 is 13.2 Å². The molecule has 0 aliphatic carbocycles. The highest BCUT2D eigenvalue weighted by atomic mass is 19.4. The van der Waals surface area contributed by atoms with Gasteiger partial charge in [0.2, 0.25) is 0 Å². The van der Waals surface area contributed by atoms with Crippen LogP contribution in [-0.4, -0.2) is 20.6 Å². The Balaban J connectivity index is 2.32. The van der Waals surface area contributed by atoms with E-state index in [9.17, 15) is 13.2 Å². The molecular formula is C19H21F3N4. The van der Waals surface area contributed by atoms with Gasteiger partial charge in [0, 0.05) is 17.8 Å². The molecule has 0 amide bonds. The Labute approximate surface area is 150 Å². The van der Waals surface area contributed by atoms with Crippen molar-refractivity contribution in [1.82, 2.24) is 14.6 Å². The third kappa shape index (κ3) is 3.38. The number of nitrogens with zero attached hydrogens (tertiary/aromatic N) is 3. The number of hydrogen-bond donors (Lipinski definition) is 1. The number of aromatic nitrogens is 3. The van der Waals surface area contributed by atoms with Gasteiger partial charge < -0.3 is 5.32 Å². The minimum absolute atomic E-state index is 0.00778. The summed E-state index contributed by atoms with van der Waals surface area (Å²) in [6.45, 7) is 7.63. The van der Waals surface area contributed by atoms with Crippen LogP contribution < -0.4 is 5.32 Å². The fourth-order valence-electron chi connectivity index (χ4n) is 2.78. The summed E-state index contributed by atoms with van der Waals surface area (Å²) in [5, 5.41) is 7.10. The molecule has 2 heterocycles. The third-order valence-electron chi connectivity index (χ3n) is 4.33. The molecule has 0 saturated heterocycles. The number of nitrogens with one attached hydrogen (secondary N) is 1. The van der Waals surface area contributed by atoms with Gasteiger partial charge in [-0.2, -0.15) is 22.8 Å². The molecule has 0 bridgehead atoms. The lowest BCUT2D eigenvalue weighted by atomic mass is 10.0. The summed E-state index contributed by atoms with van der Waals surface area (Å²) < 4.78 is 42.3. The van der Waals surface area contributed by atoms with E-state index < -0.39 is 11.9 Å². The Morgan fingerprint density at radius 3 is 2.38 bits per heavy atom. The molecule has 138 valence electrons. The van der Waals surface area contributed by atoms with Crippen molar-refractivity contribution in [2.45, 2.75) is 46.3 Å². The van der Waals surface area contributed by atoms with Gasteiger partial charge in [0.1, 0.15) is 5.82 Å². The Morgan fingerprint density at radius 2 is 1.81 bits per heavy atom. The number of hydrogen-bond acceptors (Lipinski definition) is 3. The molecular weight excluding hydrogens is 341 g/mol. The number of rotatable bonds is 4. The van der Waals surface area contributed by atoms with E-state index in [1.165, 1.54) is 4.52 Å². The van der Waals surface area contributed by atoms with Crippen molar-refractivity contribution in [3.8, 4) is 11.1 Å². The van der Waals surface area contributed by atoms with Gasteiger partial charge in [-0.25, -0.2) is 4.98 Å². The molecule has 0 aliphatic heterocycles. The average molecular weight is 362 g/mol. The van der Waals surface area contributed by atoms with E-state index in [0.717, 1.165) is 12.0 Å². The summed E-state index contributed by atoms with van der Waals surface area (Å²) in [7, 11) is 0. The zero-order valence-electron chi connectivity index (χ0n) is 15.1. The summed E-state index contributed by atoms with van der Waals surface area (Å²) in [5.41, 5.74) is 1.34. The van der Waals surface area contributed by atoms with E-state index in [0.29, 0.717) is 17.1 Å². The Kier molecular flexibility index (Phi) is 4.64. The quantitative estimate of drug-likeness (QED) is 0.690. The van der Waals surface area contributed by atoms with Gasteiger partial charge in [0.25, 0.3) is 0 Å². The first-order valence-corrected chi connectivity index (χ1v) is 8.52. The molecule has 0 fully saturated rings. The highest BCUT2D eigenvalue weighted by Crippen LogP contribution is 2.39. The maximum atomic E-state index is 13.7. The van der Waals surface area contributed by atoms with Crippen molar-refractivity contribution in [3.05, 3.63) is 47.3 Å². The molecule has 1 aromatic carbocycles. The lowest BCUT2D eigenvalue weighted by molar-refractivity contribution is -0.140. The standard InChI is InChI=1S/C19H21F3N4/c1-5-12(3)23-15-10-13(4)24-18-16(14-8-6-11(2)7-9-14)17(19(20,21)22)25-26(15)18/h6-10,12,23H,5H2,1-4H3/t12-/m1/s1. The molecule has 0 aliphatic rings. The highest BCUT2D eigenvalue weighted by molar-refractivity contribution is 5.81. The van der Waals surface area contributed by atoms with Crippen molar-refractivity contribution in [3.63, 3.8) is 0 Å². The maximum Gasteiger partial charge on any atom is 0.435 e. The van der Waals surface area contributed by atoms with Crippen LogP contribution in [0.4, 0.5) is 19.0 Å². The zero-order chi connectivity index (χ0) is 19.1. The Bertz CT molecular complexity index is 927. The van der Waals surface area contributed by atoms with E-state index >= 15 is 0 Å². The van der Waals surface area contributed by atoms with Gasteiger partial charge in [0.15, 0.2) is 11.3 Å². The van der Waals surface area contributed by atoms with Crippen molar-refractivity contribution in [2.75, 3.05) is 5.32 Å². The van der Waals surface area contributed by atoms with E-state index in [-0.39, 0.29) is 17.3 Å². The first-order chi connectivity index (χ1) is 12.2. The second kappa shape index (κ2) is 6.63. The molecule has 2 aromatic heterocycles. The molecule has 26 heavy (non-hydrogen) atoms. The third-order valence-corrected chi connectivity index (χ3v) is 4.33. The van der Waals surface area contributed by atoms with Crippen LogP contribution in [-0.2, 0) is 6.18 Å². The molecule has 3 rings (SSSR count). The fraction of sp³-hybridized carbons (Fsp3) is 0.368. The number of fused-ring (bicyclic) bond motifs is 1. The van der Waals surface area contributed by atoms with E-state index in [1.807, 2.05) is 20.8 Å².